The van der Waals surface area contributed by atoms with Gasteiger partial charge in [0.2, 0.25) is 0 Å². The number of allylic oxidation sites excluding steroid dienone is 1. The van der Waals surface area contributed by atoms with Gasteiger partial charge in [-0.3, -0.25) is 0 Å². The molecule has 0 aromatic heterocycles. The van der Waals surface area contributed by atoms with E-state index in [0.717, 1.165) is 10.9 Å². The van der Waals surface area contributed by atoms with Crippen molar-refractivity contribution in [1.82, 2.24) is 0 Å². The van der Waals surface area contributed by atoms with E-state index < -0.39 is 0 Å². The van der Waals surface area contributed by atoms with Crippen LogP contribution in [0.4, 0.5) is 0 Å². The lowest BCUT2D eigenvalue weighted by Crippen LogP contribution is -1.82. The van der Waals surface area contributed by atoms with Crippen LogP contribution < -0.4 is 0 Å². The average Bonchev–Trinajstić information content (AvgIpc) is 2.05. The Hall–Kier alpha value is -0.560. The van der Waals surface area contributed by atoms with Crippen molar-refractivity contribution in [2.24, 2.45) is 0 Å². The van der Waals surface area contributed by atoms with E-state index in [4.69, 9.17) is 0 Å². The van der Waals surface area contributed by atoms with Crippen LogP contribution in [0.1, 0.15) is 11.1 Å². The number of benzene rings is 1. The largest absolute Gasteiger partial charge is 0.0944 e. The number of halogens is 1. The van der Waals surface area contributed by atoms with Crippen LogP contribution in [0, 0.1) is 6.92 Å². The first-order valence-corrected chi connectivity index (χ1v) is 4.67. The molecule has 0 bridgehead atoms. The van der Waals surface area contributed by atoms with E-state index in [1.165, 1.54) is 11.1 Å². The van der Waals surface area contributed by atoms with Crippen molar-refractivity contribution in [2.75, 3.05) is 5.33 Å². The summed E-state index contributed by atoms with van der Waals surface area (Å²) in [5, 5.41) is 0.843. The Bertz CT molecular complexity index is 246. The highest BCUT2D eigenvalue weighted by atomic mass is 79.9. The van der Waals surface area contributed by atoms with E-state index >= 15 is 0 Å². The van der Waals surface area contributed by atoms with Crippen LogP contribution >= 0.6 is 15.9 Å². The van der Waals surface area contributed by atoms with Gasteiger partial charge in [-0.15, -0.1) is 0 Å². The zero-order chi connectivity index (χ0) is 8.27. The molecule has 0 unspecified atom stereocenters. The third-order valence-corrected chi connectivity index (χ3v) is 2.30. The molecular formula is C10H11Br. The first-order chi connectivity index (χ1) is 5.24. The van der Waals surface area contributed by atoms with Gasteiger partial charge in [-0.2, -0.15) is 0 Å². The van der Waals surface area contributed by atoms with Gasteiger partial charge < -0.3 is 0 Å². The first-order valence-electron chi connectivity index (χ1n) is 3.55. The summed E-state index contributed by atoms with van der Waals surface area (Å²) in [7, 11) is 0. The minimum absolute atomic E-state index is 0.843. The van der Waals surface area contributed by atoms with Gasteiger partial charge in [0.1, 0.15) is 0 Å². The van der Waals surface area contributed by atoms with Gasteiger partial charge in [-0.1, -0.05) is 52.3 Å². The highest BCUT2D eigenvalue weighted by Gasteiger charge is 1.94. The quantitative estimate of drug-likeness (QED) is 0.657. The van der Waals surface area contributed by atoms with E-state index in [1.54, 1.807) is 0 Å². The lowest BCUT2D eigenvalue weighted by molar-refractivity contribution is 1.45. The summed E-state index contributed by atoms with van der Waals surface area (Å²) in [6.07, 6.45) is 0. The predicted octanol–water partition coefficient (Wildman–Crippen LogP) is 3.40. The van der Waals surface area contributed by atoms with Crippen molar-refractivity contribution in [3.8, 4) is 0 Å². The van der Waals surface area contributed by atoms with E-state index in [1.807, 2.05) is 0 Å². The smallest absolute Gasteiger partial charge is 0.0283 e. The summed E-state index contributed by atoms with van der Waals surface area (Å²) >= 11 is 3.37. The molecule has 1 aromatic rings. The van der Waals surface area contributed by atoms with Crippen LogP contribution in [0.3, 0.4) is 0 Å². The van der Waals surface area contributed by atoms with E-state index in [9.17, 15) is 0 Å². The Morgan fingerprint density at radius 3 is 2.36 bits per heavy atom. The molecule has 1 heteroatoms. The fourth-order valence-corrected chi connectivity index (χ4v) is 1.19. The maximum absolute atomic E-state index is 3.93. The zero-order valence-corrected chi connectivity index (χ0v) is 8.19. The third-order valence-electron chi connectivity index (χ3n) is 1.62. The molecule has 0 aliphatic rings. The SMILES string of the molecule is C=C(CBr)c1ccc(C)cc1. The van der Waals surface area contributed by atoms with E-state index in [2.05, 4.69) is 53.7 Å². The van der Waals surface area contributed by atoms with Gasteiger partial charge in [0.15, 0.2) is 0 Å². The molecule has 0 atom stereocenters. The first kappa shape index (κ1) is 8.54. The Kier molecular flexibility index (Phi) is 2.89. The summed E-state index contributed by atoms with van der Waals surface area (Å²) in [4.78, 5) is 0. The molecule has 0 nitrogen and oxygen atoms in total. The van der Waals surface area contributed by atoms with Crippen molar-refractivity contribution in [3.05, 3.63) is 42.0 Å². The van der Waals surface area contributed by atoms with E-state index in [-0.39, 0.29) is 0 Å². The molecule has 0 N–H and O–H groups in total. The van der Waals surface area contributed by atoms with Crippen molar-refractivity contribution >= 4 is 21.5 Å². The molecular weight excluding hydrogens is 200 g/mol. The fourth-order valence-electron chi connectivity index (χ4n) is 0.866. The van der Waals surface area contributed by atoms with E-state index in [0.29, 0.717) is 0 Å². The van der Waals surface area contributed by atoms with Crippen LogP contribution in [0.2, 0.25) is 0 Å². The topological polar surface area (TPSA) is 0 Å². The van der Waals surface area contributed by atoms with Gasteiger partial charge in [-0.25, -0.2) is 0 Å². The monoisotopic (exact) mass is 210 g/mol. The normalized spacial score (nSPS) is 9.64. The second-order valence-electron chi connectivity index (χ2n) is 2.60. The Balaban J connectivity index is 2.90. The van der Waals surface area contributed by atoms with Gasteiger partial charge in [0.05, 0.1) is 0 Å². The highest BCUT2D eigenvalue weighted by molar-refractivity contribution is 9.09. The molecule has 0 aliphatic heterocycles. The average molecular weight is 211 g/mol. The minimum atomic E-state index is 0.843. The van der Waals surface area contributed by atoms with Crippen LogP contribution in [0.5, 0.6) is 0 Å². The van der Waals surface area contributed by atoms with Crippen LogP contribution in [-0.2, 0) is 0 Å². The molecule has 0 amide bonds. The van der Waals surface area contributed by atoms with Crippen LogP contribution in [-0.4, -0.2) is 5.33 Å². The molecule has 1 rings (SSSR count). The molecule has 11 heavy (non-hydrogen) atoms. The summed E-state index contributed by atoms with van der Waals surface area (Å²) in [5.74, 6) is 0. The van der Waals surface area contributed by atoms with Crippen molar-refractivity contribution < 1.29 is 0 Å². The van der Waals surface area contributed by atoms with Crippen LogP contribution in [0.15, 0.2) is 30.8 Å². The molecule has 0 aliphatic carbocycles. The van der Waals surface area contributed by atoms with Crippen LogP contribution in [0.25, 0.3) is 5.57 Å². The molecule has 0 spiro atoms. The van der Waals surface area contributed by atoms with Gasteiger partial charge in [-0.05, 0) is 18.1 Å². The molecule has 0 radical (unpaired) electrons. The molecule has 0 saturated carbocycles. The second kappa shape index (κ2) is 3.72. The lowest BCUT2D eigenvalue weighted by atomic mass is 10.1. The lowest BCUT2D eigenvalue weighted by Gasteiger charge is -2.00. The molecule has 0 fully saturated rings. The second-order valence-corrected chi connectivity index (χ2v) is 3.16. The van der Waals surface area contributed by atoms with Gasteiger partial charge in [0.25, 0.3) is 0 Å². The predicted molar refractivity (Wildman–Crippen MR) is 54.0 cm³/mol. The van der Waals surface area contributed by atoms with Crippen molar-refractivity contribution in [2.45, 2.75) is 6.92 Å². The number of hydrogen-bond donors (Lipinski definition) is 0. The maximum atomic E-state index is 3.93. The Morgan fingerprint density at radius 2 is 1.91 bits per heavy atom. The van der Waals surface area contributed by atoms with Gasteiger partial charge >= 0.3 is 0 Å². The summed E-state index contributed by atoms with van der Waals surface area (Å²) in [6.45, 7) is 6.01. The van der Waals surface area contributed by atoms with Gasteiger partial charge in [0, 0.05) is 5.33 Å². The molecule has 0 heterocycles. The minimum Gasteiger partial charge on any atom is -0.0944 e. The van der Waals surface area contributed by atoms with Crippen molar-refractivity contribution in [1.29, 1.82) is 0 Å². The zero-order valence-electron chi connectivity index (χ0n) is 6.60. The number of hydrogen-bond acceptors (Lipinski definition) is 0. The molecule has 1 aromatic carbocycles. The van der Waals surface area contributed by atoms with Crippen molar-refractivity contribution in [3.63, 3.8) is 0 Å². The maximum Gasteiger partial charge on any atom is 0.0283 e. The third kappa shape index (κ3) is 2.19. The number of alkyl halides is 1. The number of aryl methyl sites for hydroxylation is 1. The molecule has 0 saturated heterocycles. The Morgan fingerprint density at radius 1 is 1.36 bits per heavy atom. The standard InChI is InChI=1S/C10H11Br/c1-8-3-5-10(6-4-8)9(2)7-11/h3-6H,2,7H2,1H3. The fraction of sp³-hybridized carbons (Fsp3) is 0.200. The Labute approximate surface area is 76.1 Å². The summed E-state index contributed by atoms with van der Waals surface area (Å²) < 4.78 is 0. The number of rotatable bonds is 2. The molecule has 58 valence electrons. The summed E-state index contributed by atoms with van der Waals surface area (Å²) in [5.41, 5.74) is 3.63. The highest BCUT2D eigenvalue weighted by Crippen LogP contribution is 2.14. The summed E-state index contributed by atoms with van der Waals surface area (Å²) in [6, 6.07) is 8.39.